The summed E-state index contributed by atoms with van der Waals surface area (Å²) in [5.41, 5.74) is 9.24. The van der Waals surface area contributed by atoms with Crippen molar-refractivity contribution < 1.29 is 0 Å². The van der Waals surface area contributed by atoms with Gasteiger partial charge in [0, 0.05) is 22.4 Å². The molecule has 0 fully saturated rings. The van der Waals surface area contributed by atoms with Crippen molar-refractivity contribution in [1.29, 1.82) is 0 Å². The highest BCUT2D eigenvalue weighted by Gasteiger charge is 2.25. The fraction of sp³-hybridized carbons (Fsp3) is 0.0789. The van der Waals surface area contributed by atoms with Gasteiger partial charge in [-0.2, -0.15) is 9.97 Å². The Labute approximate surface area is 247 Å². The molecule has 0 N–H and O–H groups in total. The largest absolute Gasteiger partial charge is 0.278 e. The van der Waals surface area contributed by atoms with Gasteiger partial charge < -0.3 is 0 Å². The quantitative estimate of drug-likeness (QED) is 0.214. The zero-order valence-corrected chi connectivity index (χ0v) is 23.9. The number of allylic oxidation sites excluding steroid dienone is 5. The third kappa shape index (κ3) is 5.61. The molecule has 0 atom stereocenters. The highest BCUT2D eigenvalue weighted by Crippen LogP contribution is 2.40. The predicted octanol–water partition coefficient (Wildman–Crippen LogP) is 9.39. The maximum absolute atomic E-state index is 5.12. The molecule has 5 aromatic rings. The Hall–Kier alpha value is -5.35. The molecule has 0 saturated heterocycles. The molecule has 0 amide bonds. The molecule has 204 valence electrons. The lowest BCUT2D eigenvalue weighted by molar-refractivity contribution is 1.02. The van der Waals surface area contributed by atoms with Gasteiger partial charge >= 0.3 is 0 Å². The molecule has 0 aliphatic heterocycles. The van der Waals surface area contributed by atoms with Gasteiger partial charge in [0.15, 0.2) is 11.6 Å². The number of aromatic nitrogens is 3. The van der Waals surface area contributed by atoms with E-state index in [1.807, 2.05) is 78.9 Å². The second kappa shape index (κ2) is 12.0. The fourth-order valence-corrected chi connectivity index (χ4v) is 5.16. The van der Waals surface area contributed by atoms with Gasteiger partial charge in [-0.1, -0.05) is 140 Å². The molecule has 0 saturated carbocycles. The van der Waals surface area contributed by atoms with E-state index in [0.29, 0.717) is 17.6 Å². The van der Waals surface area contributed by atoms with Crippen LogP contribution in [0.4, 0.5) is 11.6 Å². The van der Waals surface area contributed by atoms with Crippen molar-refractivity contribution in [3.05, 3.63) is 162 Å². The van der Waals surface area contributed by atoms with E-state index in [1.165, 1.54) is 5.56 Å². The van der Waals surface area contributed by atoms with Gasteiger partial charge in [0.05, 0.1) is 5.69 Å². The monoisotopic (exact) mass is 544 g/mol. The zero-order valence-electron chi connectivity index (χ0n) is 23.9. The molecule has 4 nitrogen and oxygen atoms in total. The number of fused-ring (bicyclic) bond motifs is 1. The van der Waals surface area contributed by atoms with E-state index in [2.05, 4.69) is 80.0 Å². The van der Waals surface area contributed by atoms with Crippen LogP contribution < -0.4 is 4.90 Å². The molecule has 0 radical (unpaired) electrons. The number of benzene rings is 4. The average Bonchev–Trinajstić information content (AvgIpc) is 3.13. The number of rotatable bonds is 6. The summed E-state index contributed by atoms with van der Waals surface area (Å²) in [6.07, 6.45) is 11.6. The van der Waals surface area contributed by atoms with Crippen molar-refractivity contribution in [2.24, 2.45) is 0 Å². The molecule has 6 rings (SSSR count). The van der Waals surface area contributed by atoms with Crippen molar-refractivity contribution in [1.82, 2.24) is 15.0 Å². The van der Waals surface area contributed by atoms with Crippen LogP contribution in [0.3, 0.4) is 0 Å². The lowest BCUT2D eigenvalue weighted by Gasteiger charge is -2.30. The van der Waals surface area contributed by atoms with Crippen LogP contribution in [0.25, 0.3) is 34.5 Å². The minimum absolute atomic E-state index is 0.519. The molecule has 0 unspecified atom stereocenters. The molecule has 1 aliphatic rings. The Morgan fingerprint density at radius 2 is 1.29 bits per heavy atom. The topological polar surface area (TPSA) is 41.9 Å². The smallest absolute Gasteiger partial charge is 0.238 e. The lowest BCUT2D eigenvalue weighted by atomic mass is 9.95. The zero-order chi connectivity index (χ0) is 28.9. The van der Waals surface area contributed by atoms with Gasteiger partial charge in [0.1, 0.15) is 0 Å². The Morgan fingerprint density at radius 3 is 1.90 bits per heavy atom. The van der Waals surface area contributed by atoms with Gasteiger partial charge in [-0.3, -0.25) is 4.90 Å². The molecule has 0 spiro atoms. The Morgan fingerprint density at radius 1 is 0.690 bits per heavy atom. The predicted molar refractivity (Wildman–Crippen MR) is 175 cm³/mol. The Bertz CT molecular complexity index is 1760. The van der Waals surface area contributed by atoms with Crippen molar-refractivity contribution in [3.8, 4) is 22.8 Å². The van der Waals surface area contributed by atoms with Crippen molar-refractivity contribution in [2.75, 3.05) is 4.90 Å². The normalized spacial score (nSPS) is 15.2. The average molecular weight is 545 g/mol. The van der Waals surface area contributed by atoms with Gasteiger partial charge in [-0.25, -0.2) is 4.98 Å². The van der Waals surface area contributed by atoms with Crippen molar-refractivity contribution in [2.45, 2.75) is 20.3 Å². The Balaban J connectivity index is 1.66. The third-order valence-electron chi connectivity index (χ3n) is 7.31. The Kier molecular flexibility index (Phi) is 7.69. The van der Waals surface area contributed by atoms with Gasteiger partial charge in [0.25, 0.3) is 0 Å². The highest BCUT2D eigenvalue weighted by molar-refractivity contribution is 5.91. The third-order valence-corrected chi connectivity index (χ3v) is 7.31. The van der Waals surface area contributed by atoms with E-state index in [-0.39, 0.29) is 0 Å². The molecule has 1 aromatic heterocycles. The number of hydrogen-bond donors (Lipinski definition) is 0. The number of aryl methyl sites for hydroxylation is 1. The first-order valence-corrected chi connectivity index (χ1v) is 14.1. The summed E-state index contributed by atoms with van der Waals surface area (Å²) in [5.74, 6) is 1.73. The standard InChI is InChI=1S/C38H32N4/c1-27-16-8-4-11-19-31-25-24-28(2)35(34(31)26-27)42(29(3)30-17-9-5-10-18-30)38-40-36(32-20-12-6-13-21-32)39-37(41-38)33-22-14-7-15-23-33/h4-18,20-26H,3,19H2,1-2H3/b11-4-,16-8-,27-26+. The summed E-state index contributed by atoms with van der Waals surface area (Å²) in [6, 6.07) is 34.8. The van der Waals surface area contributed by atoms with Crippen LogP contribution in [0.1, 0.15) is 29.2 Å². The van der Waals surface area contributed by atoms with E-state index in [4.69, 9.17) is 15.0 Å². The van der Waals surface area contributed by atoms with Crippen LogP contribution in [0.5, 0.6) is 0 Å². The van der Waals surface area contributed by atoms with Crippen LogP contribution in [-0.4, -0.2) is 15.0 Å². The molecule has 4 heteroatoms. The summed E-state index contributed by atoms with van der Waals surface area (Å²) in [4.78, 5) is 17.3. The lowest BCUT2D eigenvalue weighted by Crippen LogP contribution is -2.21. The first-order chi connectivity index (χ1) is 20.6. The van der Waals surface area contributed by atoms with E-state index in [0.717, 1.165) is 51.2 Å². The van der Waals surface area contributed by atoms with E-state index >= 15 is 0 Å². The second-order valence-corrected chi connectivity index (χ2v) is 10.3. The van der Waals surface area contributed by atoms with E-state index in [9.17, 15) is 0 Å². The molecule has 4 aromatic carbocycles. The van der Waals surface area contributed by atoms with Crippen LogP contribution >= 0.6 is 0 Å². The number of nitrogens with zero attached hydrogens (tertiary/aromatic N) is 4. The van der Waals surface area contributed by atoms with Crippen molar-refractivity contribution in [3.63, 3.8) is 0 Å². The van der Waals surface area contributed by atoms with Crippen LogP contribution in [0.15, 0.2) is 140 Å². The summed E-state index contributed by atoms with van der Waals surface area (Å²) in [5, 5.41) is 0. The number of anilines is 2. The van der Waals surface area contributed by atoms with E-state index in [1.54, 1.807) is 0 Å². The summed E-state index contributed by atoms with van der Waals surface area (Å²) < 4.78 is 0. The molecular weight excluding hydrogens is 512 g/mol. The van der Waals surface area contributed by atoms with Gasteiger partial charge in [0.2, 0.25) is 5.95 Å². The fourth-order valence-electron chi connectivity index (χ4n) is 5.16. The highest BCUT2D eigenvalue weighted by atomic mass is 15.3. The molecular formula is C38H32N4. The number of hydrogen-bond acceptors (Lipinski definition) is 4. The van der Waals surface area contributed by atoms with Crippen LogP contribution in [-0.2, 0) is 6.42 Å². The summed E-state index contributed by atoms with van der Waals surface area (Å²) in [6.45, 7) is 8.90. The van der Waals surface area contributed by atoms with Gasteiger partial charge in [-0.15, -0.1) is 0 Å². The summed E-state index contributed by atoms with van der Waals surface area (Å²) in [7, 11) is 0. The van der Waals surface area contributed by atoms with E-state index < -0.39 is 0 Å². The van der Waals surface area contributed by atoms with Crippen LogP contribution in [0, 0.1) is 6.92 Å². The first kappa shape index (κ1) is 26.9. The minimum Gasteiger partial charge on any atom is -0.278 e. The molecule has 1 heterocycles. The molecule has 0 bridgehead atoms. The van der Waals surface area contributed by atoms with Crippen LogP contribution in [0.2, 0.25) is 0 Å². The summed E-state index contributed by atoms with van der Waals surface area (Å²) >= 11 is 0. The second-order valence-electron chi connectivity index (χ2n) is 10.3. The maximum Gasteiger partial charge on any atom is 0.238 e. The molecule has 42 heavy (non-hydrogen) atoms. The SMILES string of the molecule is C=C(c1ccccc1)N(c1nc(-c2ccccc2)nc(-c2ccccc2)n1)c1c(C)ccc2c1/C=C(C)/C=C\C=C/C2. The first-order valence-electron chi connectivity index (χ1n) is 14.1. The minimum atomic E-state index is 0.519. The van der Waals surface area contributed by atoms with Gasteiger partial charge in [-0.05, 0) is 43.0 Å². The molecule has 1 aliphatic carbocycles. The van der Waals surface area contributed by atoms with Crippen molar-refractivity contribution >= 4 is 23.4 Å². The maximum atomic E-state index is 5.12.